The molecule has 0 aromatic rings. The molecule has 1 rings (SSSR count). The van der Waals surface area contributed by atoms with Gasteiger partial charge >= 0.3 is 0 Å². The zero-order valence-electron chi connectivity index (χ0n) is 8.92. The highest BCUT2D eigenvalue weighted by atomic mass is 16.5. The summed E-state index contributed by atoms with van der Waals surface area (Å²) in [5.41, 5.74) is -0.558. The molecule has 0 radical (unpaired) electrons. The summed E-state index contributed by atoms with van der Waals surface area (Å²) in [5.74, 6) is 0. The molecule has 78 valence electrons. The molecule has 1 N–H and O–H groups in total. The maximum atomic E-state index is 9.87. The van der Waals surface area contributed by atoms with Crippen LogP contribution in [0.25, 0.3) is 0 Å². The predicted octanol–water partition coefficient (Wildman–Crippen LogP) is 0.868. The van der Waals surface area contributed by atoms with E-state index in [1.807, 2.05) is 13.8 Å². The molecular weight excluding hydrogens is 166 g/mol. The SMILES string of the molecule is CCC(C)(O)CN(C)C1CCOC1. The summed E-state index contributed by atoms with van der Waals surface area (Å²) in [5, 5.41) is 9.87. The fraction of sp³-hybridized carbons (Fsp3) is 1.00. The number of hydrogen-bond acceptors (Lipinski definition) is 3. The van der Waals surface area contributed by atoms with E-state index in [9.17, 15) is 5.11 Å². The zero-order chi connectivity index (χ0) is 9.90. The van der Waals surface area contributed by atoms with Crippen molar-refractivity contribution >= 4 is 0 Å². The molecule has 0 aromatic heterocycles. The first kappa shape index (κ1) is 11.0. The van der Waals surface area contributed by atoms with E-state index < -0.39 is 5.60 Å². The molecule has 0 aliphatic carbocycles. The van der Waals surface area contributed by atoms with Crippen LogP contribution in [-0.2, 0) is 4.74 Å². The van der Waals surface area contributed by atoms with Gasteiger partial charge < -0.3 is 9.84 Å². The molecule has 0 bridgehead atoms. The lowest BCUT2D eigenvalue weighted by atomic mass is 10.0. The summed E-state index contributed by atoms with van der Waals surface area (Å²) in [7, 11) is 2.06. The van der Waals surface area contributed by atoms with Gasteiger partial charge in [-0.1, -0.05) is 6.92 Å². The van der Waals surface area contributed by atoms with Crippen LogP contribution in [0.4, 0.5) is 0 Å². The van der Waals surface area contributed by atoms with Gasteiger partial charge in [-0.15, -0.1) is 0 Å². The van der Waals surface area contributed by atoms with Gasteiger partial charge in [0.15, 0.2) is 0 Å². The van der Waals surface area contributed by atoms with Crippen molar-refractivity contribution in [3.05, 3.63) is 0 Å². The van der Waals surface area contributed by atoms with E-state index >= 15 is 0 Å². The molecule has 1 heterocycles. The Bertz CT molecular complexity index is 153. The standard InChI is InChI=1S/C10H21NO2/c1-4-10(2,12)8-11(3)9-5-6-13-7-9/h9,12H,4-8H2,1-3H3. The Labute approximate surface area is 80.7 Å². The molecule has 0 saturated carbocycles. The van der Waals surface area contributed by atoms with Gasteiger partial charge in [-0.25, -0.2) is 0 Å². The summed E-state index contributed by atoms with van der Waals surface area (Å²) >= 11 is 0. The van der Waals surface area contributed by atoms with Crippen molar-refractivity contribution in [1.82, 2.24) is 4.90 Å². The summed E-state index contributed by atoms with van der Waals surface area (Å²) in [6.45, 7) is 6.31. The lowest BCUT2D eigenvalue weighted by Gasteiger charge is -2.31. The van der Waals surface area contributed by atoms with Gasteiger partial charge in [0.1, 0.15) is 0 Å². The van der Waals surface area contributed by atoms with Crippen molar-refractivity contribution in [2.24, 2.45) is 0 Å². The second kappa shape index (κ2) is 4.40. The third-order valence-corrected chi connectivity index (χ3v) is 2.88. The molecule has 1 saturated heterocycles. The molecule has 13 heavy (non-hydrogen) atoms. The molecule has 2 unspecified atom stereocenters. The van der Waals surface area contributed by atoms with E-state index in [0.717, 1.165) is 32.6 Å². The van der Waals surface area contributed by atoms with Crippen LogP contribution in [0.1, 0.15) is 26.7 Å². The smallest absolute Gasteiger partial charge is 0.0743 e. The topological polar surface area (TPSA) is 32.7 Å². The fourth-order valence-corrected chi connectivity index (χ4v) is 1.65. The maximum Gasteiger partial charge on any atom is 0.0743 e. The summed E-state index contributed by atoms with van der Waals surface area (Å²) in [6.07, 6.45) is 1.89. The molecule has 1 aliphatic rings. The van der Waals surface area contributed by atoms with E-state index in [2.05, 4.69) is 11.9 Å². The largest absolute Gasteiger partial charge is 0.389 e. The van der Waals surface area contributed by atoms with Crippen LogP contribution in [-0.4, -0.2) is 48.5 Å². The Morgan fingerprint density at radius 2 is 2.31 bits per heavy atom. The molecule has 3 nitrogen and oxygen atoms in total. The van der Waals surface area contributed by atoms with E-state index in [4.69, 9.17) is 4.74 Å². The Balaban J connectivity index is 2.35. The third-order valence-electron chi connectivity index (χ3n) is 2.88. The van der Waals surface area contributed by atoms with Crippen molar-refractivity contribution in [1.29, 1.82) is 0 Å². The van der Waals surface area contributed by atoms with E-state index in [1.165, 1.54) is 0 Å². The van der Waals surface area contributed by atoms with E-state index in [1.54, 1.807) is 0 Å². The number of ether oxygens (including phenoxy) is 1. The Morgan fingerprint density at radius 1 is 1.62 bits per heavy atom. The van der Waals surface area contributed by atoms with Crippen LogP contribution in [0, 0.1) is 0 Å². The number of nitrogens with zero attached hydrogens (tertiary/aromatic N) is 1. The quantitative estimate of drug-likeness (QED) is 0.709. The monoisotopic (exact) mass is 187 g/mol. The molecular formula is C10H21NO2. The van der Waals surface area contributed by atoms with Gasteiger partial charge in [-0.3, -0.25) is 4.90 Å². The molecule has 1 fully saturated rings. The van der Waals surface area contributed by atoms with Gasteiger partial charge in [0.05, 0.1) is 12.2 Å². The number of aliphatic hydroxyl groups is 1. The summed E-state index contributed by atoms with van der Waals surface area (Å²) < 4.78 is 5.30. The fourth-order valence-electron chi connectivity index (χ4n) is 1.65. The predicted molar refractivity (Wildman–Crippen MR) is 52.8 cm³/mol. The van der Waals surface area contributed by atoms with Gasteiger partial charge in [0, 0.05) is 19.2 Å². The number of likely N-dealkylation sites (N-methyl/N-ethyl adjacent to an activating group) is 1. The average molecular weight is 187 g/mol. The number of hydrogen-bond donors (Lipinski definition) is 1. The minimum Gasteiger partial charge on any atom is -0.389 e. The van der Waals surface area contributed by atoms with Gasteiger partial charge in [0.25, 0.3) is 0 Å². The third kappa shape index (κ3) is 3.25. The second-order valence-electron chi connectivity index (χ2n) is 4.28. The van der Waals surface area contributed by atoms with Crippen molar-refractivity contribution < 1.29 is 9.84 Å². The maximum absolute atomic E-state index is 9.87. The van der Waals surface area contributed by atoms with Crippen molar-refractivity contribution in [2.45, 2.75) is 38.3 Å². The van der Waals surface area contributed by atoms with Crippen molar-refractivity contribution in [3.8, 4) is 0 Å². The van der Waals surface area contributed by atoms with Crippen LogP contribution in [0.2, 0.25) is 0 Å². The normalized spacial score (nSPS) is 27.9. The van der Waals surface area contributed by atoms with Crippen LogP contribution >= 0.6 is 0 Å². The Morgan fingerprint density at radius 3 is 2.77 bits per heavy atom. The highest BCUT2D eigenvalue weighted by Gasteiger charge is 2.26. The van der Waals surface area contributed by atoms with Gasteiger partial charge in [-0.2, -0.15) is 0 Å². The molecule has 0 amide bonds. The second-order valence-corrected chi connectivity index (χ2v) is 4.28. The van der Waals surface area contributed by atoms with Crippen LogP contribution in [0.5, 0.6) is 0 Å². The Kier molecular flexibility index (Phi) is 3.71. The van der Waals surface area contributed by atoms with Crippen LogP contribution in [0.15, 0.2) is 0 Å². The average Bonchev–Trinajstić information content (AvgIpc) is 2.55. The summed E-state index contributed by atoms with van der Waals surface area (Å²) in [4.78, 5) is 2.20. The van der Waals surface area contributed by atoms with Crippen molar-refractivity contribution in [3.63, 3.8) is 0 Å². The highest BCUT2D eigenvalue weighted by Crippen LogP contribution is 2.16. The Hall–Kier alpha value is -0.120. The van der Waals surface area contributed by atoms with Crippen LogP contribution in [0.3, 0.4) is 0 Å². The lowest BCUT2D eigenvalue weighted by molar-refractivity contribution is 0.0107. The molecule has 2 atom stereocenters. The zero-order valence-corrected chi connectivity index (χ0v) is 8.92. The first-order valence-corrected chi connectivity index (χ1v) is 5.05. The highest BCUT2D eigenvalue weighted by molar-refractivity contribution is 4.80. The molecule has 0 aromatic carbocycles. The number of rotatable bonds is 4. The minimum atomic E-state index is -0.558. The minimum absolute atomic E-state index is 0.498. The van der Waals surface area contributed by atoms with Gasteiger partial charge in [0.2, 0.25) is 0 Å². The summed E-state index contributed by atoms with van der Waals surface area (Å²) in [6, 6.07) is 0.498. The van der Waals surface area contributed by atoms with E-state index in [0.29, 0.717) is 6.04 Å². The van der Waals surface area contributed by atoms with Crippen molar-refractivity contribution in [2.75, 3.05) is 26.8 Å². The molecule has 1 aliphatic heterocycles. The first-order chi connectivity index (χ1) is 6.05. The van der Waals surface area contributed by atoms with Gasteiger partial charge in [-0.05, 0) is 26.8 Å². The lowest BCUT2D eigenvalue weighted by Crippen LogP contribution is -2.43. The van der Waals surface area contributed by atoms with E-state index in [-0.39, 0.29) is 0 Å². The molecule has 3 heteroatoms. The molecule has 0 spiro atoms. The van der Waals surface area contributed by atoms with Crippen LogP contribution < -0.4 is 0 Å². The first-order valence-electron chi connectivity index (χ1n) is 5.05.